The van der Waals surface area contributed by atoms with E-state index in [0.717, 1.165) is 4.31 Å². The van der Waals surface area contributed by atoms with Crippen LogP contribution in [0.4, 0.5) is 0 Å². The Kier molecular flexibility index (Phi) is 3.21. The van der Waals surface area contributed by atoms with Crippen molar-refractivity contribution in [3.63, 3.8) is 0 Å². The standard InChI is InChI=1S/C15H17N3O4S/c19-14-13-9-17(7-8-18(13)23(21,22)16-14)15(20)12-5-3-11(4-6-12)10-1-2-10/h3-6,10,13H,1-2,7-9H2,(H,16,19). The Bertz CT molecular complexity index is 770. The Labute approximate surface area is 134 Å². The second-order valence-corrected chi connectivity index (χ2v) is 7.87. The van der Waals surface area contributed by atoms with Gasteiger partial charge < -0.3 is 4.90 Å². The molecule has 2 amide bonds. The van der Waals surface area contributed by atoms with Gasteiger partial charge in [0.05, 0.1) is 0 Å². The van der Waals surface area contributed by atoms with Gasteiger partial charge in [0.1, 0.15) is 6.04 Å². The monoisotopic (exact) mass is 335 g/mol. The van der Waals surface area contributed by atoms with Gasteiger partial charge in [-0.15, -0.1) is 0 Å². The van der Waals surface area contributed by atoms with Gasteiger partial charge in [-0.2, -0.15) is 12.7 Å². The molecule has 4 rings (SSSR count). The summed E-state index contributed by atoms with van der Waals surface area (Å²) in [5, 5.41) is 0. The van der Waals surface area contributed by atoms with E-state index in [1.807, 2.05) is 29.0 Å². The second kappa shape index (κ2) is 5.04. The third kappa shape index (κ3) is 2.51. The average molecular weight is 335 g/mol. The number of nitrogens with one attached hydrogen (secondary N) is 1. The van der Waals surface area contributed by atoms with Gasteiger partial charge in [0, 0.05) is 25.2 Å². The van der Waals surface area contributed by atoms with Crippen LogP contribution >= 0.6 is 0 Å². The number of benzene rings is 1. The molecule has 0 aromatic heterocycles. The predicted octanol–water partition coefficient (Wildman–Crippen LogP) is 0.0650. The van der Waals surface area contributed by atoms with Crippen LogP contribution in [0.25, 0.3) is 0 Å². The van der Waals surface area contributed by atoms with Crippen molar-refractivity contribution in [3.8, 4) is 0 Å². The summed E-state index contributed by atoms with van der Waals surface area (Å²) in [5.41, 5.74) is 1.83. The van der Waals surface area contributed by atoms with Gasteiger partial charge in [0.15, 0.2) is 0 Å². The first-order chi connectivity index (χ1) is 11.0. The number of fused-ring (bicyclic) bond motifs is 1. The number of hydrogen-bond donors (Lipinski definition) is 1. The van der Waals surface area contributed by atoms with Crippen LogP contribution in [0.2, 0.25) is 0 Å². The zero-order chi connectivity index (χ0) is 16.2. The van der Waals surface area contributed by atoms with Crippen LogP contribution in [0.15, 0.2) is 24.3 Å². The van der Waals surface area contributed by atoms with Crippen LogP contribution in [0.3, 0.4) is 0 Å². The molecule has 1 saturated carbocycles. The Morgan fingerprint density at radius 2 is 1.83 bits per heavy atom. The fraction of sp³-hybridized carbons (Fsp3) is 0.467. The maximum atomic E-state index is 12.6. The first-order valence-corrected chi connectivity index (χ1v) is 9.12. The molecule has 3 aliphatic rings. The maximum absolute atomic E-state index is 12.6. The third-order valence-corrected chi connectivity index (χ3v) is 6.18. The number of rotatable bonds is 2. The Morgan fingerprint density at radius 3 is 2.48 bits per heavy atom. The van der Waals surface area contributed by atoms with Gasteiger partial charge in [-0.1, -0.05) is 12.1 Å². The molecule has 3 fully saturated rings. The van der Waals surface area contributed by atoms with Crippen molar-refractivity contribution >= 4 is 22.0 Å². The summed E-state index contributed by atoms with van der Waals surface area (Å²) in [7, 11) is -3.72. The SMILES string of the molecule is O=C1NS(=O)(=O)N2CCN(C(=O)c3ccc(C4CC4)cc3)CC12. The predicted molar refractivity (Wildman–Crippen MR) is 81.9 cm³/mol. The van der Waals surface area contributed by atoms with Crippen molar-refractivity contribution in [1.82, 2.24) is 13.9 Å². The van der Waals surface area contributed by atoms with Crippen molar-refractivity contribution in [2.45, 2.75) is 24.8 Å². The van der Waals surface area contributed by atoms with E-state index in [1.54, 1.807) is 4.90 Å². The van der Waals surface area contributed by atoms with Gasteiger partial charge in [0.2, 0.25) is 0 Å². The Balaban J connectivity index is 1.50. The molecule has 23 heavy (non-hydrogen) atoms. The van der Waals surface area contributed by atoms with Crippen LogP contribution in [0, 0.1) is 0 Å². The van der Waals surface area contributed by atoms with Crippen LogP contribution in [0.5, 0.6) is 0 Å². The molecule has 1 aliphatic carbocycles. The molecule has 2 saturated heterocycles. The molecule has 1 aromatic carbocycles. The Morgan fingerprint density at radius 1 is 1.13 bits per heavy atom. The summed E-state index contributed by atoms with van der Waals surface area (Å²) >= 11 is 0. The summed E-state index contributed by atoms with van der Waals surface area (Å²) in [6.07, 6.45) is 2.42. The smallest absolute Gasteiger partial charge is 0.304 e. The third-order valence-electron chi connectivity index (χ3n) is 4.67. The highest BCUT2D eigenvalue weighted by molar-refractivity contribution is 7.88. The molecule has 0 radical (unpaired) electrons. The van der Waals surface area contributed by atoms with E-state index in [2.05, 4.69) is 0 Å². The molecule has 1 aromatic rings. The molecule has 1 atom stereocenters. The van der Waals surface area contributed by atoms with Gasteiger partial charge >= 0.3 is 10.2 Å². The quantitative estimate of drug-likeness (QED) is 0.828. The van der Waals surface area contributed by atoms with E-state index in [9.17, 15) is 18.0 Å². The summed E-state index contributed by atoms with van der Waals surface area (Å²) in [6, 6.07) is 6.77. The summed E-state index contributed by atoms with van der Waals surface area (Å²) in [4.78, 5) is 25.9. The van der Waals surface area contributed by atoms with E-state index < -0.39 is 22.2 Å². The van der Waals surface area contributed by atoms with Gasteiger partial charge in [-0.3, -0.25) is 9.59 Å². The number of piperazine rings is 1. The zero-order valence-corrected chi connectivity index (χ0v) is 13.3. The highest BCUT2D eigenvalue weighted by atomic mass is 32.2. The molecular weight excluding hydrogens is 318 g/mol. The molecule has 2 heterocycles. The molecule has 1 N–H and O–H groups in total. The topological polar surface area (TPSA) is 86.8 Å². The normalized spacial score (nSPS) is 26.7. The molecule has 7 nitrogen and oxygen atoms in total. The first-order valence-electron chi connectivity index (χ1n) is 7.68. The minimum absolute atomic E-state index is 0.0915. The lowest BCUT2D eigenvalue weighted by atomic mass is 10.1. The van der Waals surface area contributed by atoms with Gasteiger partial charge in [-0.05, 0) is 36.5 Å². The summed E-state index contributed by atoms with van der Waals surface area (Å²) in [5.74, 6) is -0.0919. The maximum Gasteiger partial charge on any atom is 0.304 e. The average Bonchev–Trinajstić information content (AvgIpc) is 3.35. The molecule has 8 heteroatoms. The molecular formula is C15H17N3O4S. The van der Waals surface area contributed by atoms with Crippen molar-refractivity contribution in [2.24, 2.45) is 0 Å². The van der Waals surface area contributed by atoms with Crippen LogP contribution in [0.1, 0.15) is 34.7 Å². The van der Waals surface area contributed by atoms with Crippen molar-refractivity contribution in [2.75, 3.05) is 19.6 Å². The van der Waals surface area contributed by atoms with Gasteiger partial charge in [-0.25, -0.2) is 4.72 Å². The fourth-order valence-electron chi connectivity index (χ4n) is 3.20. The first kappa shape index (κ1) is 14.6. The lowest BCUT2D eigenvalue weighted by Gasteiger charge is -2.34. The molecule has 0 bridgehead atoms. The van der Waals surface area contributed by atoms with E-state index in [-0.39, 0.29) is 25.5 Å². The minimum Gasteiger partial charge on any atom is -0.335 e. The van der Waals surface area contributed by atoms with Crippen LogP contribution < -0.4 is 4.72 Å². The lowest BCUT2D eigenvalue weighted by Crippen LogP contribution is -2.54. The van der Waals surface area contributed by atoms with Crippen LogP contribution in [-0.4, -0.2) is 55.1 Å². The Hall–Kier alpha value is -1.93. The van der Waals surface area contributed by atoms with E-state index in [1.165, 1.54) is 18.4 Å². The number of nitrogens with zero attached hydrogens (tertiary/aromatic N) is 2. The highest BCUT2D eigenvalue weighted by Crippen LogP contribution is 2.39. The summed E-state index contributed by atoms with van der Waals surface area (Å²) < 4.78 is 26.6. The minimum atomic E-state index is -3.72. The van der Waals surface area contributed by atoms with Crippen molar-refractivity contribution < 1.29 is 18.0 Å². The fourth-order valence-corrected chi connectivity index (χ4v) is 4.53. The number of carbonyl (C=O) groups excluding carboxylic acids is 2. The lowest BCUT2D eigenvalue weighted by molar-refractivity contribution is -0.122. The second-order valence-electron chi connectivity index (χ2n) is 6.25. The summed E-state index contributed by atoms with van der Waals surface area (Å²) in [6.45, 7) is 0.514. The zero-order valence-electron chi connectivity index (χ0n) is 12.4. The number of amides is 2. The molecule has 2 aliphatic heterocycles. The number of hydrogen-bond acceptors (Lipinski definition) is 4. The van der Waals surface area contributed by atoms with E-state index in [0.29, 0.717) is 11.5 Å². The van der Waals surface area contributed by atoms with Crippen LogP contribution in [-0.2, 0) is 15.0 Å². The van der Waals surface area contributed by atoms with E-state index in [4.69, 9.17) is 0 Å². The van der Waals surface area contributed by atoms with E-state index >= 15 is 0 Å². The largest absolute Gasteiger partial charge is 0.335 e. The molecule has 1 unspecified atom stereocenters. The highest BCUT2D eigenvalue weighted by Gasteiger charge is 2.47. The number of carbonyl (C=O) groups is 2. The van der Waals surface area contributed by atoms with Crippen molar-refractivity contribution in [3.05, 3.63) is 35.4 Å². The van der Waals surface area contributed by atoms with Crippen molar-refractivity contribution in [1.29, 1.82) is 0 Å². The molecule has 122 valence electrons. The molecule has 0 spiro atoms. The van der Waals surface area contributed by atoms with Gasteiger partial charge in [0.25, 0.3) is 11.8 Å².